The fraction of sp³-hybridized carbons (Fsp3) is 0.143. The van der Waals surface area contributed by atoms with Crippen LogP contribution in [-0.4, -0.2) is 12.2 Å². The minimum absolute atomic E-state index is 0.247. The smallest absolute Gasteiger partial charge is 0.142 e. The highest BCUT2D eigenvalue weighted by atomic mass is 79.9. The van der Waals surface area contributed by atoms with E-state index in [0.29, 0.717) is 17.3 Å². The van der Waals surface area contributed by atoms with Crippen LogP contribution >= 0.6 is 27.5 Å². The Bertz CT molecular complexity index is 590. The molecule has 0 radical (unpaired) electrons. The highest BCUT2D eigenvalue weighted by Crippen LogP contribution is 2.29. The predicted molar refractivity (Wildman–Crippen MR) is 81.1 cm³/mol. The average Bonchev–Trinajstić information content (AvgIpc) is 2.40. The summed E-state index contributed by atoms with van der Waals surface area (Å²) < 4.78 is 6.17. The van der Waals surface area contributed by atoms with E-state index < -0.39 is 0 Å². The first-order valence-corrected chi connectivity index (χ1v) is 6.82. The monoisotopic (exact) mass is 341 g/mol. The molecule has 0 heterocycles. The van der Waals surface area contributed by atoms with Crippen molar-refractivity contribution >= 4 is 33.2 Å². The van der Waals surface area contributed by atoms with E-state index in [4.69, 9.17) is 16.3 Å². The molecule has 0 amide bonds. The van der Waals surface area contributed by atoms with Gasteiger partial charge in [-0.1, -0.05) is 27.5 Å². The number of phenols is 1. The summed E-state index contributed by atoms with van der Waals surface area (Å²) in [6.07, 6.45) is 0. The van der Waals surface area contributed by atoms with Crippen molar-refractivity contribution in [3.63, 3.8) is 0 Å². The van der Waals surface area contributed by atoms with E-state index in [1.54, 1.807) is 37.4 Å². The second-order valence-electron chi connectivity index (χ2n) is 3.97. The molecule has 5 heteroatoms. The Kier molecular flexibility index (Phi) is 4.56. The van der Waals surface area contributed by atoms with Gasteiger partial charge in [-0.25, -0.2) is 0 Å². The van der Waals surface area contributed by atoms with Crippen LogP contribution in [0.3, 0.4) is 0 Å². The number of hydrogen-bond donors (Lipinski definition) is 2. The summed E-state index contributed by atoms with van der Waals surface area (Å²) in [7, 11) is 1.60. The van der Waals surface area contributed by atoms with Crippen LogP contribution in [0.5, 0.6) is 11.5 Å². The maximum atomic E-state index is 9.78. The number of phenolic OH excluding ortho intramolecular Hbond substituents is 1. The van der Waals surface area contributed by atoms with Gasteiger partial charge in [0.05, 0.1) is 12.8 Å². The number of ether oxygens (including phenoxy) is 1. The van der Waals surface area contributed by atoms with E-state index in [0.717, 1.165) is 15.7 Å². The molecule has 2 aromatic carbocycles. The summed E-state index contributed by atoms with van der Waals surface area (Å²) in [4.78, 5) is 0. The second-order valence-corrected chi connectivity index (χ2v) is 5.32. The summed E-state index contributed by atoms with van der Waals surface area (Å²) in [5, 5.41) is 13.6. The molecular formula is C14H13BrClNO2. The molecule has 0 saturated heterocycles. The number of anilines is 1. The molecule has 2 rings (SSSR count). The lowest BCUT2D eigenvalue weighted by Crippen LogP contribution is -2.01. The summed E-state index contributed by atoms with van der Waals surface area (Å²) >= 11 is 9.34. The van der Waals surface area contributed by atoms with Crippen LogP contribution in [-0.2, 0) is 6.54 Å². The van der Waals surface area contributed by atoms with Crippen molar-refractivity contribution in [3.05, 3.63) is 51.5 Å². The molecule has 0 aliphatic heterocycles. The summed E-state index contributed by atoms with van der Waals surface area (Å²) in [6, 6.07) is 10.7. The maximum Gasteiger partial charge on any atom is 0.142 e. The zero-order chi connectivity index (χ0) is 13.8. The second kappa shape index (κ2) is 6.17. The first-order chi connectivity index (χ1) is 9.10. The van der Waals surface area contributed by atoms with E-state index in [9.17, 15) is 5.11 Å². The molecule has 0 spiro atoms. The molecular weight excluding hydrogens is 330 g/mol. The van der Waals surface area contributed by atoms with E-state index in [1.165, 1.54) is 0 Å². The Morgan fingerprint density at radius 2 is 2.05 bits per heavy atom. The Morgan fingerprint density at radius 3 is 2.79 bits per heavy atom. The summed E-state index contributed by atoms with van der Waals surface area (Å²) in [5.74, 6) is 0.954. The number of hydrogen-bond acceptors (Lipinski definition) is 3. The minimum atomic E-state index is 0.247. The topological polar surface area (TPSA) is 41.5 Å². The molecule has 0 aliphatic carbocycles. The van der Waals surface area contributed by atoms with Crippen LogP contribution < -0.4 is 10.1 Å². The predicted octanol–water partition coefficient (Wildman–Crippen LogP) is 4.43. The summed E-state index contributed by atoms with van der Waals surface area (Å²) in [6.45, 7) is 0.474. The molecule has 19 heavy (non-hydrogen) atoms. The first kappa shape index (κ1) is 14.0. The highest BCUT2D eigenvalue weighted by molar-refractivity contribution is 9.10. The molecule has 2 N–H and O–H groups in total. The third-order valence-electron chi connectivity index (χ3n) is 2.67. The van der Waals surface area contributed by atoms with Crippen molar-refractivity contribution in [1.29, 1.82) is 0 Å². The molecule has 0 unspecified atom stereocenters. The van der Waals surface area contributed by atoms with Crippen molar-refractivity contribution in [3.8, 4) is 11.5 Å². The molecule has 3 nitrogen and oxygen atoms in total. The molecule has 100 valence electrons. The van der Waals surface area contributed by atoms with Crippen LogP contribution in [0.2, 0.25) is 5.02 Å². The van der Waals surface area contributed by atoms with Crippen LogP contribution in [0.25, 0.3) is 0 Å². The molecule has 0 atom stereocenters. The van der Waals surface area contributed by atoms with Gasteiger partial charge in [-0.3, -0.25) is 0 Å². The number of aromatic hydroxyl groups is 1. The van der Waals surface area contributed by atoms with Crippen molar-refractivity contribution < 1.29 is 9.84 Å². The van der Waals surface area contributed by atoms with Crippen LogP contribution in [0.15, 0.2) is 40.9 Å². The van der Waals surface area contributed by atoms with Gasteiger partial charge in [0.1, 0.15) is 11.5 Å². The zero-order valence-corrected chi connectivity index (χ0v) is 12.6. The van der Waals surface area contributed by atoms with E-state index >= 15 is 0 Å². The van der Waals surface area contributed by atoms with Crippen LogP contribution in [0, 0.1) is 0 Å². The van der Waals surface area contributed by atoms with Gasteiger partial charge in [0.25, 0.3) is 0 Å². The third-order valence-corrected chi connectivity index (χ3v) is 3.40. The molecule has 0 fully saturated rings. The van der Waals surface area contributed by atoms with Gasteiger partial charge in [-0.2, -0.15) is 0 Å². The number of benzene rings is 2. The molecule has 0 aromatic heterocycles. The normalized spacial score (nSPS) is 10.3. The van der Waals surface area contributed by atoms with Gasteiger partial charge in [-0.15, -0.1) is 0 Å². The van der Waals surface area contributed by atoms with E-state index in [2.05, 4.69) is 21.2 Å². The van der Waals surface area contributed by atoms with Crippen molar-refractivity contribution in [2.75, 3.05) is 12.4 Å². The zero-order valence-electron chi connectivity index (χ0n) is 10.3. The van der Waals surface area contributed by atoms with Crippen molar-refractivity contribution in [2.45, 2.75) is 6.54 Å². The number of halogens is 2. The fourth-order valence-electron chi connectivity index (χ4n) is 1.70. The Labute approximate surface area is 125 Å². The van der Waals surface area contributed by atoms with Crippen molar-refractivity contribution in [1.82, 2.24) is 0 Å². The molecule has 2 aromatic rings. The Balaban J connectivity index is 2.18. The van der Waals surface area contributed by atoms with Gasteiger partial charge in [0.2, 0.25) is 0 Å². The number of methoxy groups -OCH3 is 1. The average molecular weight is 343 g/mol. The lowest BCUT2D eigenvalue weighted by molar-refractivity contribution is 0.416. The Morgan fingerprint density at radius 1 is 1.26 bits per heavy atom. The van der Waals surface area contributed by atoms with E-state index in [-0.39, 0.29) is 5.75 Å². The number of rotatable bonds is 4. The fourth-order valence-corrected chi connectivity index (χ4v) is 2.29. The lowest BCUT2D eigenvalue weighted by atomic mass is 10.2. The van der Waals surface area contributed by atoms with Gasteiger partial charge < -0.3 is 15.2 Å². The first-order valence-electron chi connectivity index (χ1n) is 5.65. The minimum Gasteiger partial charge on any atom is -0.508 e. The Hall–Kier alpha value is -1.39. The van der Waals surface area contributed by atoms with Gasteiger partial charge >= 0.3 is 0 Å². The summed E-state index contributed by atoms with van der Waals surface area (Å²) in [5.41, 5.74) is 1.57. The van der Waals surface area contributed by atoms with Gasteiger partial charge in [-0.05, 0) is 36.4 Å². The lowest BCUT2D eigenvalue weighted by Gasteiger charge is -2.12. The van der Waals surface area contributed by atoms with Gasteiger partial charge in [0.15, 0.2) is 0 Å². The van der Waals surface area contributed by atoms with Crippen LogP contribution in [0.1, 0.15) is 5.56 Å². The van der Waals surface area contributed by atoms with E-state index in [1.807, 2.05) is 6.07 Å². The largest absolute Gasteiger partial charge is 0.508 e. The molecule has 0 bridgehead atoms. The standard InChI is InChI=1S/C14H13BrClNO2/c1-19-14-5-3-11(16)7-12(14)17-8-9-6-10(15)2-4-13(9)18/h2-7,17-18H,8H2,1H3. The number of nitrogens with one attached hydrogen (secondary N) is 1. The quantitative estimate of drug-likeness (QED) is 0.863. The van der Waals surface area contributed by atoms with Gasteiger partial charge in [0, 0.05) is 21.6 Å². The van der Waals surface area contributed by atoms with Crippen molar-refractivity contribution in [2.24, 2.45) is 0 Å². The van der Waals surface area contributed by atoms with Crippen LogP contribution in [0.4, 0.5) is 5.69 Å². The maximum absolute atomic E-state index is 9.78. The molecule has 0 aliphatic rings. The third kappa shape index (κ3) is 3.55. The molecule has 0 saturated carbocycles. The highest BCUT2D eigenvalue weighted by Gasteiger charge is 2.06. The SMILES string of the molecule is COc1ccc(Cl)cc1NCc1cc(Br)ccc1O.